The number of hydrogen-bond acceptors (Lipinski definition) is 2. The second-order valence-corrected chi connectivity index (χ2v) is 5.84. The fraction of sp³-hybridized carbons (Fsp3) is 0.923. The van der Waals surface area contributed by atoms with Gasteiger partial charge < -0.3 is 10.5 Å². The Balaban J connectivity index is 3.86. The maximum atomic E-state index is 10.7. The molecule has 0 aliphatic rings. The number of nitrogens with two attached hydrogens (primary N) is 1. The largest absolute Gasteiger partial charge is 0.376 e. The van der Waals surface area contributed by atoms with Gasteiger partial charge in [-0.25, -0.2) is 0 Å². The molecule has 0 spiro atoms. The average molecular weight is 229 g/mol. The van der Waals surface area contributed by atoms with E-state index in [-0.39, 0.29) is 11.5 Å². The zero-order chi connectivity index (χ0) is 12.8. The van der Waals surface area contributed by atoms with Crippen molar-refractivity contribution in [1.82, 2.24) is 0 Å². The van der Waals surface area contributed by atoms with E-state index in [2.05, 4.69) is 20.8 Å². The lowest BCUT2D eigenvalue weighted by Crippen LogP contribution is -2.28. The lowest BCUT2D eigenvalue weighted by Gasteiger charge is -2.28. The SMILES string of the molecule is CCC(C)(C)CCOC(C)(C)CCC(N)=O. The first kappa shape index (κ1) is 15.4. The normalized spacial score (nSPS) is 12.8. The van der Waals surface area contributed by atoms with Crippen molar-refractivity contribution in [3.05, 3.63) is 0 Å². The summed E-state index contributed by atoms with van der Waals surface area (Å²) in [7, 11) is 0. The summed E-state index contributed by atoms with van der Waals surface area (Å²) in [6, 6.07) is 0. The van der Waals surface area contributed by atoms with Crippen molar-refractivity contribution in [2.24, 2.45) is 11.1 Å². The molecule has 0 radical (unpaired) electrons. The van der Waals surface area contributed by atoms with E-state index in [1.165, 1.54) is 0 Å². The van der Waals surface area contributed by atoms with Gasteiger partial charge in [0.15, 0.2) is 0 Å². The van der Waals surface area contributed by atoms with Crippen molar-refractivity contribution in [3.8, 4) is 0 Å². The van der Waals surface area contributed by atoms with Crippen LogP contribution in [0, 0.1) is 5.41 Å². The van der Waals surface area contributed by atoms with Gasteiger partial charge in [0.05, 0.1) is 5.60 Å². The molecule has 0 rings (SSSR count). The Hall–Kier alpha value is -0.570. The second kappa shape index (κ2) is 6.24. The maximum absolute atomic E-state index is 10.7. The molecule has 0 aromatic heterocycles. The molecule has 0 saturated heterocycles. The highest BCUT2D eigenvalue weighted by molar-refractivity contribution is 5.73. The molecule has 1 amide bonds. The Morgan fingerprint density at radius 3 is 2.19 bits per heavy atom. The van der Waals surface area contributed by atoms with Crippen molar-refractivity contribution in [2.45, 2.75) is 65.9 Å². The molecule has 0 heterocycles. The predicted octanol–water partition coefficient (Wildman–Crippen LogP) is 2.87. The van der Waals surface area contributed by atoms with E-state index in [9.17, 15) is 4.79 Å². The van der Waals surface area contributed by atoms with E-state index in [0.29, 0.717) is 18.3 Å². The average Bonchev–Trinajstić information content (AvgIpc) is 2.14. The van der Waals surface area contributed by atoms with Gasteiger partial charge in [0, 0.05) is 13.0 Å². The minimum absolute atomic E-state index is 0.251. The third kappa shape index (κ3) is 7.69. The van der Waals surface area contributed by atoms with E-state index >= 15 is 0 Å². The van der Waals surface area contributed by atoms with Gasteiger partial charge in [-0.2, -0.15) is 0 Å². The number of carbonyl (C=O) groups excluding carboxylic acids is 1. The minimum atomic E-state index is -0.259. The molecule has 0 unspecified atom stereocenters. The molecule has 16 heavy (non-hydrogen) atoms. The van der Waals surface area contributed by atoms with Crippen LogP contribution in [-0.2, 0) is 9.53 Å². The quantitative estimate of drug-likeness (QED) is 0.695. The third-order valence-electron chi connectivity index (χ3n) is 3.20. The van der Waals surface area contributed by atoms with E-state index in [1.54, 1.807) is 0 Å². The summed E-state index contributed by atoms with van der Waals surface area (Å²) in [6.07, 6.45) is 3.28. The smallest absolute Gasteiger partial charge is 0.217 e. The van der Waals surface area contributed by atoms with Crippen LogP contribution in [0.3, 0.4) is 0 Å². The van der Waals surface area contributed by atoms with Crippen LogP contribution in [0.25, 0.3) is 0 Å². The first-order valence-electron chi connectivity index (χ1n) is 6.11. The monoisotopic (exact) mass is 229 g/mol. The summed E-state index contributed by atoms with van der Waals surface area (Å²) < 4.78 is 5.81. The number of hydrogen-bond donors (Lipinski definition) is 1. The molecule has 0 aromatic carbocycles. The lowest BCUT2D eigenvalue weighted by molar-refractivity contribution is -0.120. The van der Waals surface area contributed by atoms with Crippen molar-refractivity contribution in [2.75, 3.05) is 6.61 Å². The summed E-state index contributed by atoms with van der Waals surface area (Å²) in [5.41, 5.74) is 5.21. The Kier molecular flexibility index (Phi) is 6.01. The van der Waals surface area contributed by atoms with Gasteiger partial charge in [-0.05, 0) is 32.1 Å². The fourth-order valence-corrected chi connectivity index (χ4v) is 1.28. The van der Waals surface area contributed by atoms with Crippen LogP contribution in [0.2, 0.25) is 0 Å². The second-order valence-electron chi connectivity index (χ2n) is 5.84. The molecule has 3 nitrogen and oxygen atoms in total. The van der Waals surface area contributed by atoms with Gasteiger partial charge >= 0.3 is 0 Å². The standard InChI is InChI=1S/C13H27NO2/c1-6-12(2,3)9-10-16-13(4,5)8-7-11(14)15/h6-10H2,1-5H3,(H2,14,15). The van der Waals surface area contributed by atoms with Crippen LogP contribution in [0.15, 0.2) is 0 Å². The van der Waals surface area contributed by atoms with Crippen molar-refractivity contribution in [3.63, 3.8) is 0 Å². The summed E-state index contributed by atoms with van der Waals surface area (Å²) in [4.78, 5) is 10.7. The van der Waals surface area contributed by atoms with Crippen molar-refractivity contribution >= 4 is 5.91 Å². The highest BCUT2D eigenvalue weighted by atomic mass is 16.5. The minimum Gasteiger partial charge on any atom is -0.376 e. The molecule has 0 fully saturated rings. The molecule has 2 N–H and O–H groups in total. The van der Waals surface area contributed by atoms with Gasteiger partial charge in [0.25, 0.3) is 0 Å². The van der Waals surface area contributed by atoms with Crippen LogP contribution in [0.4, 0.5) is 0 Å². The molecule has 3 heteroatoms. The van der Waals surface area contributed by atoms with E-state index in [0.717, 1.165) is 19.4 Å². The number of amides is 1. The molecular formula is C13H27NO2. The van der Waals surface area contributed by atoms with Crippen LogP contribution in [0.5, 0.6) is 0 Å². The van der Waals surface area contributed by atoms with Gasteiger partial charge in [-0.15, -0.1) is 0 Å². The summed E-state index contributed by atoms with van der Waals surface area (Å²) in [5, 5.41) is 0. The summed E-state index contributed by atoms with van der Waals surface area (Å²) >= 11 is 0. The van der Waals surface area contributed by atoms with E-state index in [4.69, 9.17) is 10.5 Å². The third-order valence-corrected chi connectivity index (χ3v) is 3.20. The van der Waals surface area contributed by atoms with Crippen LogP contribution < -0.4 is 5.73 Å². The van der Waals surface area contributed by atoms with Gasteiger partial charge in [0.2, 0.25) is 5.91 Å². The molecule has 0 atom stereocenters. The molecule has 0 bridgehead atoms. The topological polar surface area (TPSA) is 52.3 Å². The lowest BCUT2D eigenvalue weighted by atomic mass is 9.87. The maximum Gasteiger partial charge on any atom is 0.217 e. The number of carbonyl (C=O) groups is 1. The zero-order valence-electron chi connectivity index (χ0n) is 11.4. The zero-order valence-corrected chi connectivity index (χ0v) is 11.4. The summed E-state index contributed by atoms with van der Waals surface area (Å²) in [6.45, 7) is 11.4. The van der Waals surface area contributed by atoms with Gasteiger partial charge in [0.1, 0.15) is 0 Å². The van der Waals surface area contributed by atoms with E-state index in [1.807, 2.05) is 13.8 Å². The number of ether oxygens (including phenoxy) is 1. The van der Waals surface area contributed by atoms with Crippen LogP contribution >= 0.6 is 0 Å². The summed E-state index contributed by atoms with van der Waals surface area (Å²) in [5.74, 6) is -0.259. The fourth-order valence-electron chi connectivity index (χ4n) is 1.28. The molecule has 0 aliphatic carbocycles. The van der Waals surface area contributed by atoms with Crippen LogP contribution in [-0.4, -0.2) is 18.1 Å². The van der Waals surface area contributed by atoms with Crippen molar-refractivity contribution < 1.29 is 9.53 Å². The predicted molar refractivity (Wildman–Crippen MR) is 67.1 cm³/mol. The molecule has 0 aromatic rings. The van der Waals surface area contributed by atoms with Crippen molar-refractivity contribution in [1.29, 1.82) is 0 Å². The van der Waals surface area contributed by atoms with Gasteiger partial charge in [-0.3, -0.25) is 4.79 Å². The Labute approximate surface area is 99.7 Å². The first-order valence-corrected chi connectivity index (χ1v) is 6.11. The first-order chi connectivity index (χ1) is 7.18. The Morgan fingerprint density at radius 1 is 1.19 bits per heavy atom. The molecule has 0 aliphatic heterocycles. The molecular weight excluding hydrogens is 202 g/mol. The Bertz CT molecular complexity index is 222. The van der Waals surface area contributed by atoms with Crippen LogP contribution in [0.1, 0.15) is 60.3 Å². The number of rotatable bonds is 8. The molecule has 0 saturated carbocycles. The number of primary amides is 1. The Morgan fingerprint density at radius 2 is 1.75 bits per heavy atom. The highest BCUT2D eigenvalue weighted by Crippen LogP contribution is 2.26. The molecule has 96 valence electrons. The van der Waals surface area contributed by atoms with Gasteiger partial charge in [-0.1, -0.05) is 27.2 Å². The highest BCUT2D eigenvalue weighted by Gasteiger charge is 2.21. The van der Waals surface area contributed by atoms with E-state index < -0.39 is 0 Å².